The van der Waals surface area contributed by atoms with Crippen LogP contribution in [-0.4, -0.2) is 11.0 Å². The van der Waals surface area contributed by atoms with E-state index in [0.29, 0.717) is 6.04 Å². The second kappa shape index (κ2) is 6.62. The SMILES string of the molecule is CCCCCc1ccc(N)c(NC2CCCC2)n1. The Labute approximate surface area is 110 Å². The van der Waals surface area contributed by atoms with Crippen LogP contribution < -0.4 is 11.1 Å². The third-order valence-corrected chi connectivity index (χ3v) is 3.72. The number of unbranched alkanes of at least 4 members (excludes halogenated alkanes) is 2. The molecule has 0 aromatic carbocycles. The van der Waals surface area contributed by atoms with Gasteiger partial charge in [-0.1, -0.05) is 32.6 Å². The van der Waals surface area contributed by atoms with Crippen molar-refractivity contribution in [2.75, 3.05) is 11.1 Å². The Morgan fingerprint density at radius 3 is 2.78 bits per heavy atom. The summed E-state index contributed by atoms with van der Waals surface area (Å²) >= 11 is 0. The molecule has 0 radical (unpaired) electrons. The highest BCUT2D eigenvalue weighted by molar-refractivity contribution is 5.61. The van der Waals surface area contributed by atoms with E-state index in [1.165, 1.54) is 44.9 Å². The van der Waals surface area contributed by atoms with Gasteiger partial charge in [-0.05, 0) is 37.8 Å². The first-order valence-electron chi connectivity index (χ1n) is 7.31. The lowest BCUT2D eigenvalue weighted by atomic mass is 10.1. The Kier molecular flexibility index (Phi) is 4.85. The average molecular weight is 247 g/mol. The molecule has 0 amide bonds. The van der Waals surface area contributed by atoms with E-state index in [2.05, 4.69) is 23.3 Å². The molecular weight excluding hydrogens is 222 g/mol. The van der Waals surface area contributed by atoms with E-state index in [1.807, 2.05) is 6.07 Å². The Morgan fingerprint density at radius 2 is 2.06 bits per heavy atom. The normalized spacial score (nSPS) is 16.1. The first-order valence-corrected chi connectivity index (χ1v) is 7.31. The van der Waals surface area contributed by atoms with Crippen molar-refractivity contribution in [1.82, 2.24) is 4.98 Å². The molecule has 18 heavy (non-hydrogen) atoms. The van der Waals surface area contributed by atoms with Gasteiger partial charge in [-0.25, -0.2) is 4.98 Å². The number of pyridine rings is 1. The summed E-state index contributed by atoms with van der Waals surface area (Å²) in [4.78, 5) is 4.67. The number of nitrogens with zero attached hydrogens (tertiary/aromatic N) is 1. The molecule has 1 fully saturated rings. The van der Waals surface area contributed by atoms with Crippen LogP contribution in [0, 0.1) is 0 Å². The average Bonchev–Trinajstić information content (AvgIpc) is 2.86. The maximum atomic E-state index is 6.00. The molecule has 3 N–H and O–H groups in total. The van der Waals surface area contributed by atoms with Gasteiger partial charge in [0.05, 0.1) is 5.69 Å². The van der Waals surface area contributed by atoms with Crippen LogP contribution in [0.5, 0.6) is 0 Å². The van der Waals surface area contributed by atoms with E-state index >= 15 is 0 Å². The number of hydrogen-bond acceptors (Lipinski definition) is 3. The van der Waals surface area contributed by atoms with Crippen molar-refractivity contribution in [2.45, 2.75) is 64.3 Å². The van der Waals surface area contributed by atoms with Crippen LogP contribution in [0.2, 0.25) is 0 Å². The van der Waals surface area contributed by atoms with Crippen molar-refractivity contribution in [3.05, 3.63) is 17.8 Å². The van der Waals surface area contributed by atoms with Crippen molar-refractivity contribution >= 4 is 11.5 Å². The molecule has 1 aromatic rings. The van der Waals surface area contributed by atoms with Gasteiger partial charge < -0.3 is 11.1 Å². The first-order chi connectivity index (χ1) is 8.79. The highest BCUT2D eigenvalue weighted by Gasteiger charge is 2.16. The molecule has 3 heteroatoms. The molecule has 0 saturated heterocycles. The fourth-order valence-corrected chi connectivity index (χ4v) is 2.58. The lowest BCUT2D eigenvalue weighted by molar-refractivity contribution is 0.705. The lowest BCUT2D eigenvalue weighted by Gasteiger charge is -2.15. The first kappa shape index (κ1) is 13.2. The van der Waals surface area contributed by atoms with Gasteiger partial charge in [0.2, 0.25) is 0 Å². The van der Waals surface area contributed by atoms with Gasteiger partial charge in [0.25, 0.3) is 0 Å². The van der Waals surface area contributed by atoms with Crippen LogP contribution in [0.4, 0.5) is 11.5 Å². The monoisotopic (exact) mass is 247 g/mol. The van der Waals surface area contributed by atoms with Gasteiger partial charge in [0.1, 0.15) is 5.82 Å². The summed E-state index contributed by atoms with van der Waals surface area (Å²) in [5.74, 6) is 0.899. The van der Waals surface area contributed by atoms with Crippen LogP contribution in [0.25, 0.3) is 0 Å². The quantitative estimate of drug-likeness (QED) is 0.753. The van der Waals surface area contributed by atoms with Crippen molar-refractivity contribution in [1.29, 1.82) is 0 Å². The van der Waals surface area contributed by atoms with E-state index in [4.69, 9.17) is 5.73 Å². The van der Waals surface area contributed by atoms with E-state index in [-0.39, 0.29) is 0 Å². The predicted molar refractivity (Wildman–Crippen MR) is 77.8 cm³/mol. The molecule has 3 nitrogen and oxygen atoms in total. The second-order valence-corrected chi connectivity index (χ2v) is 5.32. The lowest BCUT2D eigenvalue weighted by Crippen LogP contribution is -2.17. The molecule has 0 unspecified atom stereocenters. The number of nitrogens with one attached hydrogen (secondary N) is 1. The van der Waals surface area contributed by atoms with Crippen LogP contribution in [-0.2, 0) is 6.42 Å². The maximum absolute atomic E-state index is 6.00. The van der Waals surface area contributed by atoms with Gasteiger partial charge in [-0.15, -0.1) is 0 Å². The fourth-order valence-electron chi connectivity index (χ4n) is 2.58. The largest absolute Gasteiger partial charge is 0.396 e. The zero-order valence-corrected chi connectivity index (χ0v) is 11.4. The Bertz CT molecular complexity index is 370. The van der Waals surface area contributed by atoms with E-state index in [9.17, 15) is 0 Å². The van der Waals surface area contributed by atoms with Crippen LogP contribution in [0.15, 0.2) is 12.1 Å². The molecule has 0 aliphatic heterocycles. The Balaban J connectivity index is 1.96. The summed E-state index contributed by atoms with van der Waals surface area (Å²) in [5, 5.41) is 3.50. The van der Waals surface area contributed by atoms with Crippen molar-refractivity contribution < 1.29 is 0 Å². The number of anilines is 2. The molecule has 1 aromatic heterocycles. The number of aryl methyl sites for hydroxylation is 1. The van der Waals surface area contributed by atoms with Gasteiger partial charge in [-0.3, -0.25) is 0 Å². The summed E-state index contributed by atoms with van der Waals surface area (Å²) in [7, 11) is 0. The minimum Gasteiger partial charge on any atom is -0.396 e. The third-order valence-electron chi connectivity index (χ3n) is 3.72. The van der Waals surface area contributed by atoms with E-state index in [0.717, 1.165) is 23.6 Å². The summed E-state index contributed by atoms with van der Waals surface area (Å²) in [6.45, 7) is 2.23. The minimum atomic E-state index is 0.575. The molecule has 0 spiro atoms. The smallest absolute Gasteiger partial charge is 0.149 e. The second-order valence-electron chi connectivity index (χ2n) is 5.32. The summed E-state index contributed by atoms with van der Waals surface area (Å²) in [5.41, 5.74) is 7.94. The zero-order valence-electron chi connectivity index (χ0n) is 11.4. The predicted octanol–water partition coefficient (Wildman–Crippen LogP) is 3.75. The van der Waals surface area contributed by atoms with Gasteiger partial charge in [0, 0.05) is 11.7 Å². The topological polar surface area (TPSA) is 50.9 Å². The molecule has 0 bridgehead atoms. The maximum Gasteiger partial charge on any atom is 0.149 e. The molecule has 1 aliphatic rings. The summed E-state index contributed by atoms with van der Waals surface area (Å²) in [6, 6.07) is 4.63. The Morgan fingerprint density at radius 1 is 1.28 bits per heavy atom. The van der Waals surface area contributed by atoms with Crippen LogP contribution in [0.1, 0.15) is 57.6 Å². The molecule has 1 saturated carbocycles. The molecule has 1 heterocycles. The number of nitrogen functional groups attached to an aromatic ring is 1. The minimum absolute atomic E-state index is 0.575. The molecule has 2 rings (SSSR count). The number of rotatable bonds is 6. The fraction of sp³-hybridized carbons (Fsp3) is 0.667. The van der Waals surface area contributed by atoms with E-state index in [1.54, 1.807) is 0 Å². The van der Waals surface area contributed by atoms with Gasteiger partial charge in [0.15, 0.2) is 0 Å². The number of nitrogens with two attached hydrogens (primary N) is 1. The number of hydrogen-bond donors (Lipinski definition) is 2. The standard InChI is InChI=1S/C15H25N3/c1-2-3-4-7-13-10-11-14(16)15(18-13)17-12-8-5-6-9-12/h10-12H,2-9,16H2,1H3,(H,17,18). The van der Waals surface area contributed by atoms with Crippen molar-refractivity contribution in [2.24, 2.45) is 0 Å². The van der Waals surface area contributed by atoms with Gasteiger partial charge in [-0.2, -0.15) is 0 Å². The highest BCUT2D eigenvalue weighted by atomic mass is 15.0. The summed E-state index contributed by atoms with van der Waals surface area (Å²) in [6.07, 6.45) is 9.97. The van der Waals surface area contributed by atoms with Crippen molar-refractivity contribution in [3.8, 4) is 0 Å². The molecule has 100 valence electrons. The molecule has 1 aliphatic carbocycles. The molecule has 0 atom stereocenters. The highest BCUT2D eigenvalue weighted by Crippen LogP contribution is 2.24. The molecular formula is C15H25N3. The zero-order chi connectivity index (χ0) is 12.8. The van der Waals surface area contributed by atoms with Gasteiger partial charge >= 0.3 is 0 Å². The summed E-state index contributed by atoms with van der Waals surface area (Å²) < 4.78 is 0. The van der Waals surface area contributed by atoms with Crippen LogP contribution >= 0.6 is 0 Å². The third kappa shape index (κ3) is 3.62. The van der Waals surface area contributed by atoms with Crippen molar-refractivity contribution in [3.63, 3.8) is 0 Å². The van der Waals surface area contributed by atoms with Crippen LogP contribution in [0.3, 0.4) is 0 Å². The Hall–Kier alpha value is -1.25. The number of aromatic nitrogens is 1. The van der Waals surface area contributed by atoms with E-state index < -0.39 is 0 Å².